The molecule has 0 bridgehead atoms. The van der Waals surface area contributed by atoms with Crippen molar-refractivity contribution in [1.29, 1.82) is 0 Å². The van der Waals surface area contributed by atoms with E-state index >= 15 is 0 Å². The van der Waals surface area contributed by atoms with Crippen LogP contribution in [-0.4, -0.2) is 28.6 Å². The van der Waals surface area contributed by atoms with Crippen molar-refractivity contribution in [2.75, 3.05) is 6.61 Å². The highest BCUT2D eigenvalue weighted by Crippen LogP contribution is 2.29. The van der Waals surface area contributed by atoms with Gasteiger partial charge < -0.3 is 9.47 Å². The van der Waals surface area contributed by atoms with Crippen LogP contribution in [0.4, 0.5) is 4.39 Å². The van der Waals surface area contributed by atoms with Crippen molar-refractivity contribution in [2.24, 2.45) is 5.92 Å². The molecule has 0 spiro atoms. The maximum absolute atomic E-state index is 14.0. The summed E-state index contributed by atoms with van der Waals surface area (Å²) in [6, 6.07) is 6.28. The van der Waals surface area contributed by atoms with Crippen LogP contribution in [-0.2, 0) is 16.0 Å². The van der Waals surface area contributed by atoms with E-state index in [1.54, 1.807) is 24.4 Å². The van der Waals surface area contributed by atoms with Gasteiger partial charge in [-0.1, -0.05) is 17.7 Å². The van der Waals surface area contributed by atoms with Crippen LogP contribution in [0.25, 0.3) is 0 Å². The SMILES string of the molecule is CCOC(=O)C[C@H]1CC[C@H](Oc2ccnc(Cc3ccc(Cl)cc3F)n2)CC1. The van der Waals surface area contributed by atoms with E-state index in [9.17, 15) is 9.18 Å². The molecule has 1 heterocycles. The molecule has 3 rings (SSSR count). The van der Waals surface area contributed by atoms with Crippen LogP contribution in [0.5, 0.6) is 5.88 Å². The van der Waals surface area contributed by atoms with Gasteiger partial charge in [0.15, 0.2) is 0 Å². The van der Waals surface area contributed by atoms with Gasteiger partial charge in [-0.25, -0.2) is 9.37 Å². The first kappa shape index (κ1) is 20.5. The van der Waals surface area contributed by atoms with E-state index in [0.29, 0.717) is 41.2 Å². The Kier molecular flexibility index (Phi) is 7.20. The summed E-state index contributed by atoms with van der Waals surface area (Å²) in [5.74, 6) is 0.847. The maximum Gasteiger partial charge on any atom is 0.306 e. The van der Waals surface area contributed by atoms with Crippen molar-refractivity contribution in [2.45, 2.75) is 51.6 Å². The Morgan fingerprint density at radius 1 is 1.25 bits per heavy atom. The summed E-state index contributed by atoms with van der Waals surface area (Å²) < 4.78 is 25.0. The fourth-order valence-electron chi connectivity index (χ4n) is 3.45. The second-order valence-electron chi connectivity index (χ2n) is 6.99. The Morgan fingerprint density at radius 3 is 2.75 bits per heavy atom. The fourth-order valence-corrected chi connectivity index (χ4v) is 3.61. The summed E-state index contributed by atoms with van der Waals surface area (Å²) in [5.41, 5.74) is 0.487. The van der Waals surface area contributed by atoms with E-state index in [2.05, 4.69) is 9.97 Å². The van der Waals surface area contributed by atoms with Crippen LogP contribution in [0.1, 0.15) is 50.4 Å². The number of esters is 1. The zero-order valence-electron chi connectivity index (χ0n) is 15.9. The van der Waals surface area contributed by atoms with Gasteiger partial charge in [-0.3, -0.25) is 4.79 Å². The first-order chi connectivity index (χ1) is 13.5. The standard InChI is InChI=1S/C21H24ClFN2O3/c1-2-27-21(26)11-14-3-7-17(8-4-14)28-20-9-10-24-19(25-20)12-15-5-6-16(22)13-18(15)23/h5-6,9-10,13-14,17H,2-4,7-8,11-12H2,1H3/t14-,17-. The summed E-state index contributed by atoms with van der Waals surface area (Å²) in [6.45, 7) is 2.24. The third-order valence-corrected chi connectivity index (χ3v) is 5.12. The lowest BCUT2D eigenvalue weighted by Crippen LogP contribution is -2.26. The average molecular weight is 407 g/mol. The molecule has 0 aliphatic heterocycles. The van der Waals surface area contributed by atoms with Gasteiger partial charge in [-0.15, -0.1) is 0 Å². The smallest absolute Gasteiger partial charge is 0.306 e. The van der Waals surface area contributed by atoms with Crippen molar-refractivity contribution in [3.8, 4) is 5.88 Å². The molecule has 5 nitrogen and oxygen atoms in total. The number of ether oxygens (including phenoxy) is 2. The first-order valence-electron chi connectivity index (χ1n) is 9.61. The number of halogens is 2. The molecule has 1 aromatic heterocycles. The van der Waals surface area contributed by atoms with E-state index in [4.69, 9.17) is 21.1 Å². The highest BCUT2D eigenvalue weighted by Gasteiger charge is 2.25. The zero-order valence-corrected chi connectivity index (χ0v) is 16.6. The van der Waals surface area contributed by atoms with Gasteiger partial charge in [0.05, 0.1) is 6.61 Å². The molecule has 0 atom stereocenters. The predicted octanol–water partition coefficient (Wildman–Crippen LogP) is 4.75. The number of benzene rings is 1. The molecule has 0 N–H and O–H groups in total. The van der Waals surface area contributed by atoms with Crippen LogP contribution < -0.4 is 4.74 Å². The molecule has 1 aliphatic rings. The lowest BCUT2D eigenvalue weighted by Gasteiger charge is -2.28. The quantitative estimate of drug-likeness (QED) is 0.621. The number of aromatic nitrogens is 2. The maximum atomic E-state index is 14.0. The molecule has 0 unspecified atom stereocenters. The molecule has 0 amide bonds. The minimum atomic E-state index is -0.373. The number of hydrogen-bond donors (Lipinski definition) is 0. The van der Waals surface area contributed by atoms with Crippen molar-refractivity contribution in [3.63, 3.8) is 0 Å². The van der Waals surface area contributed by atoms with Crippen molar-refractivity contribution < 1.29 is 18.7 Å². The lowest BCUT2D eigenvalue weighted by molar-refractivity contribution is -0.144. The van der Waals surface area contributed by atoms with Crippen LogP contribution in [0.3, 0.4) is 0 Å². The summed E-state index contributed by atoms with van der Waals surface area (Å²) in [4.78, 5) is 20.2. The third-order valence-electron chi connectivity index (χ3n) is 4.89. The minimum Gasteiger partial charge on any atom is -0.474 e. The van der Waals surface area contributed by atoms with Gasteiger partial charge in [-0.05, 0) is 56.2 Å². The molecule has 150 valence electrons. The van der Waals surface area contributed by atoms with Crippen molar-refractivity contribution in [3.05, 3.63) is 52.7 Å². The normalized spacial score (nSPS) is 19.2. The topological polar surface area (TPSA) is 61.3 Å². The van der Waals surface area contributed by atoms with Gasteiger partial charge in [0, 0.05) is 30.1 Å². The average Bonchev–Trinajstić information content (AvgIpc) is 2.66. The van der Waals surface area contributed by atoms with Gasteiger partial charge in [-0.2, -0.15) is 4.98 Å². The van der Waals surface area contributed by atoms with Gasteiger partial charge in [0.1, 0.15) is 17.7 Å². The van der Waals surface area contributed by atoms with Crippen molar-refractivity contribution >= 4 is 17.6 Å². The fraction of sp³-hybridized carbons (Fsp3) is 0.476. The third kappa shape index (κ3) is 5.89. The summed E-state index contributed by atoms with van der Waals surface area (Å²) >= 11 is 5.79. The second kappa shape index (κ2) is 9.82. The molecule has 1 aromatic carbocycles. The molecule has 0 radical (unpaired) electrons. The van der Waals surface area contributed by atoms with E-state index < -0.39 is 0 Å². The summed E-state index contributed by atoms with van der Waals surface area (Å²) in [6.07, 6.45) is 6.03. The van der Waals surface area contributed by atoms with Crippen LogP contribution in [0, 0.1) is 11.7 Å². The summed E-state index contributed by atoms with van der Waals surface area (Å²) in [7, 11) is 0. The lowest BCUT2D eigenvalue weighted by atomic mass is 9.85. The largest absolute Gasteiger partial charge is 0.474 e. The molecule has 2 aromatic rings. The number of hydrogen-bond acceptors (Lipinski definition) is 5. The van der Waals surface area contributed by atoms with Crippen molar-refractivity contribution in [1.82, 2.24) is 9.97 Å². The highest BCUT2D eigenvalue weighted by molar-refractivity contribution is 6.30. The zero-order chi connectivity index (χ0) is 19.9. The summed E-state index contributed by atoms with van der Waals surface area (Å²) in [5, 5.41) is 0.359. The van der Waals surface area contributed by atoms with Gasteiger partial charge in [0.25, 0.3) is 0 Å². The molecular weight excluding hydrogens is 383 g/mol. The Labute approximate surface area is 169 Å². The Morgan fingerprint density at radius 2 is 2.04 bits per heavy atom. The molecule has 1 saturated carbocycles. The first-order valence-corrected chi connectivity index (χ1v) is 9.99. The monoisotopic (exact) mass is 406 g/mol. The van der Waals surface area contributed by atoms with Gasteiger partial charge >= 0.3 is 5.97 Å². The Bertz CT molecular complexity index is 810. The molecule has 7 heteroatoms. The van der Waals surface area contributed by atoms with E-state index in [1.165, 1.54) is 6.07 Å². The molecule has 0 saturated heterocycles. The minimum absolute atomic E-state index is 0.0634. The number of rotatable bonds is 7. The van der Waals surface area contributed by atoms with E-state index in [0.717, 1.165) is 25.7 Å². The van der Waals surface area contributed by atoms with E-state index in [1.807, 2.05) is 6.92 Å². The van der Waals surface area contributed by atoms with Crippen LogP contribution >= 0.6 is 11.6 Å². The molecule has 1 fully saturated rings. The van der Waals surface area contributed by atoms with Crippen LogP contribution in [0.15, 0.2) is 30.5 Å². The van der Waals surface area contributed by atoms with Gasteiger partial charge in [0.2, 0.25) is 5.88 Å². The molecule has 1 aliphatic carbocycles. The number of carbonyl (C=O) groups is 1. The Hall–Kier alpha value is -2.21. The van der Waals surface area contributed by atoms with Crippen LogP contribution in [0.2, 0.25) is 5.02 Å². The second-order valence-corrected chi connectivity index (χ2v) is 7.43. The number of nitrogens with zero attached hydrogens (tertiary/aromatic N) is 2. The predicted molar refractivity (Wildman–Crippen MR) is 104 cm³/mol. The molecular formula is C21H24ClFN2O3. The highest BCUT2D eigenvalue weighted by atomic mass is 35.5. The molecule has 28 heavy (non-hydrogen) atoms. The Balaban J connectivity index is 1.53. The van der Waals surface area contributed by atoms with E-state index in [-0.39, 0.29) is 24.3 Å². The number of carbonyl (C=O) groups excluding carboxylic acids is 1.